The molecule has 0 radical (unpaired) electrons. The van der Waals surface area contributed by atoms with Crippen LogP contribution in [0.2, 0.25) is 0 Å². The molecule has 0 atom stereocenters. The maximum absolute atomic E-state index is 3.56. The topological polar surface area (TPSA) is 15.3 Å². The van der Waals surface area contributed by atoms with Gasteiger partial charge in [-0.05, 0) is 24.1 Å². The lowest BCUT2D eigenvalue weighted by Gasteiger charge is -2.32. The molecule has 0 spiro atoms. The highest BCUT2D eigenvalue weighted by Gasteiger charge is 2.22. The van der Waals surface area contributed by atoms with Crippen LogP contribution in [0.4, 0.5) is 0 Å². The van der Waals surface area contributed by atoms with E-state index in [4.69, 9.17) is 0 Å². The third-order valence-electron chi connectivity index (χ3n) is 2.96. The number of nitrogens with zero attached hydrogens (tertiary/aromatic N) is 1. The van der Waals surface area contributed by atoms with Gasteiger partial charge in [0, 0.05) is 31.4 Å². The maximum atomic E-state index is 3.56. The summed E-state index contributed by atoms with van der Waals surface area (Å²) in [7, 11) is 0. The summed E-state index contributed by atoms with van der Waals surface area (Å²) in [5.74, 6) is 2.66. The fraction of sp³-hybridized carbons (Fsp3) is 1.00. The normalized spacial score (nSPS) is 20.1. The molecule has 96 valence electrons. The van der Waals surface area contributed by atoms with Gasteiger partial charge in [-0.1, -0.05) is 27.7 Å². The molecule has 0 bridgehead atoms. The minimum absolute atomic E-state index is 0.388. The number of thioether (sulfide) groups is 1. The van der Waals surface area contributed by atoms with Crippen molar-refractivity contribution < 1.29 is 0 Å². The molecule has 2 nitrogen and oxygen atoms in total. The van der Waals surface area contributed by atoms with Gasteiger partial charge in [-0.25, -0.2) is 0 Å². The first-order valence-electron chi connectivity index (χ1n) is 6.53. The van der Waals surface area contributed by atoms with Crippen LogP contribution >= 0.6 is 11.8 Å². The lowest BCUT2D eigenvalue weighted by molar-refractivity contribution is 0.181. The molecule has 1 saturated heterocycles. The predicted octanol–water partition coefficient (Wildman–Crippen LogP) is 2.45. The number of nitrogens with one attached hydrogen (secondary N) is 1. The summed E-state index contributed by atoms with van der Waals surface area (Å²) in [4.78, 5) is 2.64. The molecule has 0 aromatic carbocycles. The van der Waals surface area contributed by atoms with E-state index in [-0.39, 0.29) is 0 Å². The lowest BCUT2D eigenvalue weighted by Crippen LogP contribution is -2.42. The van der Waals surface area contributed by atoms with Crippen LogP contribution < -0.4 is 5.32 Å². The van der Waals surface area contributed by atoms with Crippen molar-refractivity contribution in [1.29, 1.82) is 0 Å². The van der Waals surface area contributed by atoms with Gasteiger partial charge < -0.3 is 10.2 Å². The van der Waals surface area contributed by atoms with Crippen molar-refractivity contribution in [3.8, 4) is 0 Å². The van der Waals surface area contributed by atoms with Gasteiger partial charge in [0.1, 0.15) is 0 Å². The van der Waals surface area contributed by atoms with E-state index in [0.29, 0.717) is 11.5 Å². The second kappa shape index (κ2) is 6.87. The number of hydrogen-bond donors (Lipinski definition) is 1. The van der Waals surface area contributed by atoms with E-state index in [1.807, 2.05) is 0 Å². The Morgan fingerprint density at radius 3 is 2.69 bits per heavy atom. The Morgan fingerprint density at radius 2 is 2.00 bits per heavy atom. The summed E-state index contributed by atoms with van der Waals surface area (Å²) in [5, 5.41) is 3.56. The van der Waals surface area contributed by atoms with Crippen molar-refractivity contribution in [2.24, 2.45) is 5.41 Å². The molecule has 0 aliphatic carbocycles. The summed E-state index contributed by atoms with van der Waals surface area (Å²) >= 11 is 2.11. The van der Waals surface area contributed by atoms with E-state index >= 15 is 0 Å². The largest absolute Gasteiger partial charge is 0.314 e. The van der Waals surface area contributed by atoms with Crippen LogP contribution in [0.3, 0.4) is 0 Å². The van der Waals surface area contributed by atoms with Crippen LogP contribution in [0, 0.1) is 5.41 Å². The number of rotatable bonds is 5. The van der Waals surface area contributed by atoms with Gasteiger partial charge in [-0.2, -0.15) is 11.8 Å². The van der Waals surface area contributed by atoms with Gasteiger partial charge in [-0.3, -0.25) is 0 Å². The highest BCUT2D eigenvalue weighted by Crippen LogP contribution is 2.19. The van der Waals surface area contributed by atoms with Crippen LogP contribution in [0.25, 0.3) is 0 Å². The van der Waals surface area contributed by atoms with Crippen LogP contribution in [0.1, 0.15) is 34.1 Å². The van der Waals surface area contributed by atoms with Gasteiger partial charge in [0.25, 0.3) is 0 Å². The molecule has 0 amide bonds. The molecule has 0 unspecified atom stereocenters. The van der Waals surface area contributed by atoms with E-state index in [0.717, 1.165) is 6.54 Å². The van der Waals surface area contributed by atoms with Crippen LogP contribution in [0.5, 0.6) is 0 Å². The zero-order valence-electron chi connectivity index (χ0n) is 11.4. The molecule has 1 rings (SSSR count). The Bertz CT molecular complexity index is 184. The van der Waals surface area contributed by atoms with Gasteiger partial charge in [-0.15, -0.1) is 0 Å². The summed E-state index contributed by atoms with van der Waals surface area (Å²) < 4.78 is 0. The fourth-order valence-corrected chi connectivity index (χ4v) is 3.02. The van der Waals surface area contributed by atoms with Crippen molar-refractivity contribution in [3.63, 3.8) is 0 Å². The maximum Gasteiger partial charge on any atom is 0.00726 e. The Balaban J connectivity index is 2.31. The van der Waals surface area contributed by atoms with E-state index in [2.05, 4.69) is 49.7 Å². The molecule has 0 aromatic rings. The second-order valence-corrected chi connectivity index (χ2v) is 7.17. The monoisotopic (exact) mass is 244 g/mol. The van der Waals surface area contributed by atoms with Crippen molar-refractivity contribution in [2.45, 2.75) is 40.2 Å². The average molecular weight is 244 g/mol. The summed E-state index contributed by atoms with van der Waals surface area (Å²) in [5.41, 5.74) is 0.388. The minimum atomic E-state index is 0.388. The first kappa shape index (κ1) is 14.3. The highest BCUT2D eigenvalue weighted by molar-refractivity contribution is 7.99. The van der Waals surface area contributed by atoms with Crippen LogP contribution in [-0.4, -0.2) is 48.6 Å². The van der Waals surface area contributed by atoms with Gasteiger partial charge >= 0.3 is 0 Å². The van der Waals surface area contributed by atoms with Crippen LogP contribution in [0.15, 0.2) is 0 Å². The van der Waals surface area contributed by atoms with Crippen molar-refractivity contribution in [2.75, 3.05) is 37.7 Å². The van der Waals surface area contributed by atoms with Gasteiger partial charge in [0.05, 0.1) is 0 Å². The number of hydrogen-bond acceptors (Lipinski definition) is 3. The molecule has 0 saturated carbocycles. The zero-order valence-corrected chi connectivity index (χ0v) is 12.2. The first-order chi connectivity index (χ1) is 7.49. The third kappa shape index (κ3) is 6.12. The Labute approximate surface area is 106 Å². The Morgan fingerprint density at radius 1 is 1.25 bits per heavy atom. The quantitative estimate of drug-likeness (QED) is 0.800. The summed E-state index contributed by atoms with van der Waals surface area (Å²) in [6.07, 6.45) is 1.36. The van der Waals surface area contributed by atoms with E-state index in [9.17, 15) is 0 Å². The standard InChI is InChI=1S/C13H28N2S/c1-12(2)14-10-13(3,4)11-15-6-5-8-16-9-7-15/h12,14H,5-11H2,1-4H3. The Hall–Kier alpha value is 0.270. The first-order valence-corrected chi connectivity index (χ1v) is 7.68. The molecule has 1 aliphatic rings. The SMILES string of the molecule is CC(C)NCC(C)(C)CN1CCCSCC1. The molecular formula is C13H28N2S. The van der Waals surface area contributed by atoms with E-state index in [1.54, 1.807) is 0 Å². The molecule has 3 heteroatoms. The Kier molecular flexibility index (Phi) is 6.16. The van der Waals surface area contributed by atoms with Crippen molar-refractivity contribution >= 4 is 11.8 Å². The van der Waals surface area contributed by atoms with Crippen molar-refractivity contribution in [3.05, 3.63) is 0 Å². The molecule has 1 heterocycles. The third-order valence-corrected chi connectivity index (χ3v) is 4.00. The fourth-order valence-electron chi connectivity index (χ4n) is 2.10. The highest BCUT2D eigenvalue weighted by atomic mass is 32.2. The van der Waals surface area contributed by atoms with Crippen LogP contribution in [-0.2, 0) is 0 Å². The second-order valence-electron chi connectivity index (χ2n) is 5.94. The van der Waals surface area contributed by atoms with Gasteiger partial charge in [0.15, 0.2) is 0 Å². The zero-order chi connectivity index (χ0) is 12.0. The van der Waals surface area contributed by atoms with Gasteiger partial charge in [0.2, 0.25) is 0 Å². The smallest absolute Gasteiger partial charge is 0.00726 e. The summed E-state index contributed by atoms with van der Waals surface area (Å²) in [6.45, 7) is 14.1. The molecule has 1 aliphatic heterocycles. The molecule has 0 aromatic heterocycles. The van der Waals surface area contributed by atoms with E-state index < -0.39 is 0 Å². The summed E-state index contributed by atoms with van der Waals surface area (Å²) in [6, 6.07) is 0.596. The molecule has 16 heavy (non-hydrogen) atoms. The minimum Gasteiger partial charge on any atom is -0.314 e. The molecule has 1 fully saturated rings. The average Bonchev–Trinajstić information content (AvgIpc) is 2.43. The molecule has 1 N–H and O–H groups in total. The molecular weight excluding hydrogens is 216 g/mol. The van der Waals surface area contributed by atoms with E-state index in [1.165, 1.54) is 37.6 Å². The van der Waals surface area contributed by atoms with Crippen molar-refractivity contribution in [1.82, 2.24) is 10.2 Å². The lowest BCUT2D eigenvalue weighted by atomic mass is 9.92. The predicted molar refractivity (Wildman–Crippen MR) is 75.3 cm³/mol.